The molecule has 0 saturated carbocycles. The number of nitrogens with zero attached hydrogens (tertiary/aromatic N) is 2. The molecule has 2 aromatic carbocycles. The lowest BCUT2D eigenvalue weighted by Gasteiger charge is -2.12. The fourth-order valence-corrected chi connectivity index (χ4v) is 1.77. The molecule has 2 aromatic rings. The minimum Gasteiger partial charge on any atom is -0.478 e. The van der Waals surface area contributed by atoms with Crippen molar-refractivity contribution in [3.63, 3.8) is 0 Å². The Labute approximate surface area is 123 Å². The van der Waals surface area contributed by atoms with Crippen LogP contribution in [0, 0.1) is 0 Å². The number of nitrogens with one attached hydrogen (secondary N) is 1. The van der Waals surface area contributed by atoms with Gasteiger partial charge in [-0.25, -0.2) is 4.79 Å². The van der Waals surface area contributed by atoms with E-state index in [0.29, 0.717) is 0 Å². The average molecular weight is 283 g/mol. The minimum atomic E-state index is -0.947. The van der Waals surface area contributed by atoms with Crippen LogP contribution in [0.5, 0.6) is 0 Å². The zero-order valence-electron chi connectivity index (χ0n) is 11.9. The quantitative estimate of drug-likeness (QED) is 0.654. The normalized spacial score (nSPS) is 10.6. The molecule has 0 aliphatic rings. The summed E-state index contributed by atoms with van der Waals surface area (Å²) in [7, 11) is 3.96. The second kappa shape index (κ2) is 6.56. The summed E-state index contributed by atoms with van der Waals surface area (Å²) in [5.41, 5.74) is 5.86. The monoisotopic (exact) mass is 283 g/mol. The van der Waals surface area contributed by atoms with E-state index in [0.717, 1.165) is 16.9 Å². The lowest BCUT2D eigenvalue weighted by molar-refractivity contribution is 0.0697. The van der Waals surface area contributed by atoms with Crippen LogP contribution in [0.4, 0.5) is 11.4 Å². The molecule has 5 heteroatoms. The van der Waals surface area contributed by atoms with Crippen molar-refractivity contribution in [2.45, 2.75) is 0 Å². The summed E-state index contributed by atoms with van der Waals surface area (Å²) in [6.45, 7) is 0. The molecule has 0 radical (unpaired) electrons. The molecule has 0 amide bonds. The van der Waals surface area contributed by atoms with Crippen molar-refractivity contribution in [3.8, 4) is 0 Å². The smallest absolute Gasteiger partial charge is 0.335 e. The molecule has 0 bridgehead atoms. The summed E-state index contributed by atoms with van der Waals surface area (Å²) >= 11 is 0. The van der Waals surface area contributed by atoms with Crippen LogP contribution in [0.15, 0.2) is 53.6 Å². The summed E-state index contributed by atoms with van der Waals surface area (Å²) < 4.78 is 0. The molecule has 0 fully saturated rings. The van der Waals surface area contributed by atoms with Crippen molar-refractivity contribution in [2.75, 3.05) is 24.4 Å². The second-order valence-electron chi connectivity index (χ2n) is 4.74. The Morgan fingerprint density at radius 1 is 1.19 bits per heavy atom. The van der Waals surface area contributed by atoms with Crippen molar-refractivity contribution in [1.29, 1.82) is 0 Å². The van der Waals surface area contributed by atoms with Gasteiger partial charge in [0.2, 0.25) is 0 Å². The van der Waals surface area contributed by atoms with Crippen LogP contribution in [0.25, 0.3) is 0 Å². The largest absolute Gasteiger partial charge is 0.478 e. The summed E-state index contributed by atoms with van der Waals surface area (Å²) in [5, 5.41) is 13.0. The van der Waals surface area contributed by atoms with E-state index in [4.69, 9.17) is 5.11 Å². The topological polar surface area (TPSA) is 64.9 Å². The van der Waals surface area contributed by atoms with Gasteiger partial charge in [-0.05, 0) is 42.0 Å². The van der Waals surface area contributed by atoms with Crippen LogP contribution in [0.3, 0.4) is 0 Å². The highest BCUT2D eigenvalue weighted by molar-refractivity contribution is 5.91. The maximum atomic E-state index is 10.9. The molecular formula is C16H17N3O2. The van der Waals surface area contributed by atoms with Gasteiger partial charge in [0.15, 0.2) is 0 Å². The lowest BCUT2D eigenvalue weighted by Crippen LogP contribution is -2.08. The van der Waals surface area contributed by atoms with Crippen molar-refractivity contribution < 1.29 is 9.90 Å². The molecule has 0 saturated heterocycles. The minimum absolute atomic E-state index is 0.245. The SMILES string of the molecule is CN(C)c1ccc(N/N=C/c2cccc(C(=O)O)c2)cc1. The predicted molar refractivity (Wildman–Crippen MR) is 85.4 cm³/mol. The Morgan fingerprint density at radius 2 is 1.90 bits per heavy atom. The molecule has 2 N–H and O–H groups in total. The third kappa shape index (κ3) is 4.07. The van der Waals surface area contributed by atoms with Crippen LogP contribution in [0.2, 0.25) is 0 Å². The molecule has 0 aliphatic heterocycles. The van der Waals surface area contributed by atoms with Crippen LogP contribution < -0.4 is 10.3 Å². The van der Waals surface area contributed by atoms with Crippen molar-refractivity contribution in [3.05, 3.63) is 59.7 Å². The molecule has 5 nitrogen and oxygen atoms in total. The molecule has 0 atom stereocenters. The number of hydrazone groups is 1. The number of carboxylic acids is 1. The van der Waals surface area contributed by atoms with E-state index in [2.05, 4.69) is 10.5 Å². The van der Waals surface area contributed by atoms with E-state index >= 15 is 0 Å². The Morgan fingerprint density at radius 3 is 2.52 bits per heavy atom. The van der Waals surface area contributed by atoms with Gasteiger partial charge in [-0.2, -0.15) is 5.10 Å². The highest BCUT2D eigenvalue weighted by atomic mass is 16.4. The van der Waals surface area contributed by atoms with Crippen molar-refractivity contribution in [2.24, 2.45) is 5.10 Å². The third-order valence-corrected chi connectivity index (χ3v) is 2.92. The van der Waals surface area contributed by atoms with Crippen molar-refractivity contribution >= 4 is 23.6 Å². The van der Waals surface area contributed by atoms with Gasteiger partial charge in [0.05, 0.1) is 17.5 Å². The maximum Gasteiger partial charge on any atom is 0.335 e. The van der Waals surface area contributed by atoms with E-state index in [1.165, 1.54) is 0 Å². The number of rotatable bonds is 5. The highest BCUT2D eigenvalue weighted by Crippen LogP contribution is 2.15. The van der Waals surface area contributed by atoms with Crippen LogP contribution in [0.1, 0.15) is 15.9 Å². The molecule has 21 heavy (non-hydrogen) atoms. The van der Waals surface area contributed by atoms with Crippen molar-refractivity contribution in [1.82, 2.24) is 0 Å². The first-order valence-corrected chi connectivity index (χ1v) is 6.46. The number of aromatic carboxylic acids is 1. The zero-order chi connectivity index (χ0) is 15.2. The van der Waals surface area contributed by atoms with E-state index in [1.807, 2.05) is 43.3 Å². The summed E-state index contributed by atoms with van der Waals surface area (Å²) in [5.74, 6) is -0.947. The highest BCUT2D eigenvalue weighted by Gasteiger charge is 2.01. The Balaban J connectivity index is 2.02. The zero-order valence-corrected chi connectivity index (χ0v) is 11.9. The summed E-state index contributed by atoms with van der Waals surface area (Å²) in [4.78, 5) is 12.9. The first-order valence-electron chi connectivity index (χ1n) is 6.46. The molecule has 0 aromatic heterocycles. The second-order valence-corrected chi connectivity index (χ2v) is 4.74. The first kappa shape index (κ1) is 14.6. The van der Waals surface area contributed by atoms with Crippen LogP contribution in [-0.4, -0.2) is 31.4 Å². The average Bonchev–Trinajstić information content (AvgIpc) is 2.48. The predicted octanol–water partition coefficient (Wildman–Crippen LogP) is 2.90. The van der Waals surface area contributed by atoms with Gasteiger partial charge < -0.3 is 10.0 Å². The first-order chi connectivity index (χ1) is 10.1. The molecule has 0 heterocycles. The third-order valence-electron chi connectivity index (χ3n) is 2.92. The summed E-state index contributed by atoms with van der Waals surface area (Å²) in [6.07, 6.45) is 1.59. The van der Waals surface area contributed by atoms with Gasteiger partial charge in [-0.1, -0.05) is 12.1 Å². The molecular weight excluding hydrogens is 266 g/mol. The fraction of sp³-hybridized carbons (Fsp3) is 0.125. The Bertz CT molecular complexity index is 649. The standard InChI is InChI=1S/C16H17N3O2/c1-19(2)15-8-6-14(7-9-15)18-17-11-12-4-3-5-13(10-12)16(20)21/h3-11,18H,1-2H3,(H,20,21)/b17-11+. The lowest BCUT2D eigenvalue weighted by atomic mass is 10.1. The number of anilines is 2. The number of carboxylic acid groups (broad SMARTS) is 1. The molecule has 2 rings (SSSR count). The van der Waals surface area contributed by atoms with Gasteiger partial charge >= 0.3 is 5.97 Å². The van der Waals surface area contributed by atoms with E-state index in [-0.39, 0.29) is 5.56 Å². The van der Waals surface area contributed by atoms with Gasteiger partial charge in [0, 0.05) is 19.8 Å². The van der Waals surface area contributed by atoms with Gasteiger partial charge in [0.1, 0.15) is 0 Å². The molecule has 0 spiro atoms. The molecule has 0 unspecified atom stereocenters. The number of carbonyl (C=O) groups is 1. The number of hydrogen-bond donors (Lipinski definition) is 2. The van der Waals surface area contributed by atoms with E-state index in [9.17, 15) is 4.79 Å². The van der Waals surface area contributed by atoms with Crippen LogP contribution >= 0.6 is 0 Å². The van der Waals surface area contributed by atoms with Crippen LogP contribution in [-0.2, 0) is 0 Å². The number of hydrogen-bond acceptors (Lipinski definition) is 4. The maximum absolute atomic E-state index is 10.9. The molecule has 108 valence electrons. The summed E-state index contributed by atoms with van der Waals surface area (Å²) in [6, 6.07) is 14.5. The van der Waals surface area contributed by atoms with Gasteiger partial charge in [-0.3, -0.25) is 5.43 Å². The fourth-order valence-electron chi connectivity index (χ4n) is 1.77. The number of benzene rings is 2. The Kier molecular flexibility index (Phi) is 4.56. The van der Waals surface area contributed by atoms with Gasteiger partial charge in [-0.15, -0.1) is 0 Å². The van der Waals surface area contributed by atoms with E-state index < -0.39 is 5.97 Å². The molecule has 0 aliphatic carbocycles. The van der Waals surface area contributed by atoms with Gasteiger partial charge in [0.25, 0.3) is 0 Å². The van der Waals surface area contributed by atoms with E-state index in [1.54, 1.807) is 30.5 Å². The Hall–Kier alpha value is -2.82.